The maximum atomic E-state index is 14.0. The lowest BCUT2D eigenvalue weighted by atomic mass is 9.78. The van der Waals surface area contributed by atoms with Gasteiger partial charge in [-0.3, -0.25) is 19.3 Å². The van der Waals surface area contributed by atoms with E-state index in [0.29, 0.717) is 45.8 Å². The van der Waals surface area contributed by atoms with Gasteiger partial charge in [0.15, 0.2) is 0 Å². The van der Waals surface area contributed by atoms with Crippen molar-refractivity contribution in [3.05, 3.63) is 24.3 Å². The average Bonchev–Trinajstić information content (AvgIpc) is 3.16. The number of fused-ring (bicyclic) bond motifs is 2. The Bertz CT molecular complexity index is 891. The van der Waals surface area contributed by atoms with Crippen LogP contribution in [0.1, 0.15) is 6.42 Å². The highest BCUT2D eigenvalue weighted by atomic mass is 32.2. The molecule has 5 aliphatic heterocycles. The zero-order chi connectivity index (χ0) is 23.9. The first-order valence-corrected chi connectivity index (χ1v) is 13.1. The SMILES string of the molecule is CN1CC=C[C@@H]2S[C@]34C=CCN(CCN5CCOCC5)C(=O)C3N(CCCO)C(=O)[C@@H]4[C@@H]2C1=O. The number of thioether (sulfide) groups is 1. The molecule has 5 heterocycles. The van der Waals surface area contributed by atoms with Gasteiger partial charge in [-0.1, -0.05) is 24.3 Å². The lowest BCUT2D eigenvalue weighted by Gasteiger charge is -2.36. The van der Waals surface area contributed by atoms with Gasteiger partial charge < -0.3 is 24.5 Å². The fourth-order valence-electron chi connectivity index (χ4n) is 6.08. The summed E-state index contributed by atoms with van der Waals surface area (Å²) in [5, 5.41) is 9.34. The van der Waals surface area contributed by atoms with Crippen LogP contribution in [0.4, 0.5) is 0 Å². The average molecular weight is 491 g/mol. The summed E-state index contributed by atoms with van der Waals surface area (Å²) in [7, 11) is 1.77. The van der Waals surface area contributed by atoms with Crippen LogP contribution in [0.25, 0.3) is 0 Å². The number of rotatable bonds is 6. The van der Waals surface area contributed by atoms with E-state index in [9.17, 15) is 19.5 Å². The second kappa shape index (κ2) is 9.64. The maximum Gasteiger partial charge on any atom is 0.247 e. The van der Waals surface area contributed by atoms with Gasteiger partial charge in [0.25, 0.3) is 0 Å². The van der Waals surface area contributed by atoms with Crippen LogP contribution in [-0.2, 0) is 19.1 Å². The number of carbonyl (C=O) groups is 3. The maximum absolute atomic E-state index is 14.0. The van der Waals surface area contributed by atoms with Crippen LogP contribution in [0.3, 0.4) is 0 Å². The number of hydrogen-bond acceptors (Lipinski definition) is 7. The van der Waals surface area contributed by atoms with Gasteiger partial charge in [-0.05, 0) is 6.42 Å². The molecule has 10 heteroatoms. The lowest BCUT2D eigenvalue weighted by Crippen LogP contribution is -2.54. The quantitative estimate of drug-likeness (QED) is 0.498. The Balaban J connectivity index is 1.46. The molecule has 3 amide bonds. The summed E-state index contributed by atoms with van der Waals surface area (Å²) < 4.78 is 4.66. The molecule has 186 valence electrons. The number of carbonyl (C=O) groups excluding carboxylic acids is 3. The van der Waals surface area contributed by atoms with E-state index in [-0.39, 0.29) is 29.6 Å². The van der Waals surface area contributed by atoms with E-state index >= 15 is 0 Å². The van der Waals surface area contributed by atoms with Crippen molar-refractivity contribution in [1.29, 1.82) is 0 Å². The van der Waals surface area contributed by atoms with Gasteiger partial charge in [0, 0.05) is 64.7 Å². The van der Waals surface area contributed by atoms with Crippen LogP contribution in [-0.4, -0.2) is 131 Å². The number of likely N-dealkylation sites (tertiary alicyclic amines) is 1. The molecule has 0 aromatic heterocycles. The molecule has 5 rings (SSSR count). The summed E-state index contributed by atoms with van der Waals surface area (Å²) in [6.45, 7) is 5.77. The smallest absolute Gasteiger partial charge is 0.247 e. The van der Waals surface area contributed by atoms with Gasteiger partial charge in [0.1, 0.15) is 6.04 Å². The molecule has 0 bridgehead atoms. The summed E-state index contributed by atoms with van der Waals surface area (Å²) in [4.78, 5) is 48.7. The Morgan fingerprint density at radius 1 is 1.06 bits per heavy atom. The molecule has 1 spiro atoms. The van der Waals surface area contributed by atoms with E-state index in [4.69, 9.17) is 4.74 Å². The fraction of sp³-hybridized carbons (Fsp3) is 0.708. The summed E-state index contributed by atoms with van der Waals surface area (Å²) in [6, 6.07) is -0.663. The number of aliphatic hydroxyl groups is 1. The predicted octanol–water partition coefficient (Wildman–Crippen LogP) is -0.575. The predicted molar refractivity (Wildman–Crippen MR) is 128 cm³/mol. The van der Waals surface area contributed by atoms with Gasteiger partial charge in [0.05, 0.1) is 29.8 Å². The third-order valence-corrected chi connectivity index (χ3v) is 9.53. The van der Waals surface area contributed by atoms with Gasteiger partial charge in [-0.15, -0.1) is 11.8 Å². The monoisotopic (exact) mass is 490 g/mol. The van der Waals surface area contributed by atoms with Crippen molar-refractivity contribution < 1.29 is 24.2 Å². The Morgan fingerprint density at radius 2 is 1.85 bits per heavy atom. The Hall–Kier alpha value is -1.88. The highest BCUT2D eigenvalue weighted by molar-refractivity contribution is 8.02. The van der Waals surface area contributed by atoms with Crippen molar-refractivity contribution in [3.63, 3.8) is 0 Å². The Kier molecular flexibility index (Phi) is 6.76. The van der Waals surface area contributed by atoms with Gasteiger partial charge in [0.2, 0.25) is 17.7 Å². The van der Waals surface area contributed by atoms with Gasteiger partial charge in [-0.2, -0.15) is 0 Å². The topological polar surface area (TPSA) is 93.6 Å². The van der Waals surface area contributed by atoms with Crippen molar-refractivity contribution in [3.8, 4) is 0 Å². The Labute approximate surface area is 204 Å². The van der Waals surface area contributed by atoms with E-state index in [0.717, 1.165) is 19.6 Å². The van der Waals surface area contributed by atoms with E-state index in [1.807, 2.05) is 29.2 Å². The third kappa shape index (κ3) is 3.88. The molecular weight excluding hydrogens is 456 g/mol. The number of hydrogen-bond donors (Lipinski definition) is 1. The second-order valence-electron chi connectivity index (χ2n) is 9.74. The summed E-state index contributed by atoms with van der Waals surface area (Å²) in [5.41, 5.74) is 0. The molecular formula is C24H34N4O5S. The summed E-state index contributed by atoms with van der Waals surface area (Å²) in [6.07, 6.45) is 8.51. The first kappa shape index (κ1) is 23.8. The minimum atomic E-state index is -0.773. The summed E-state index contributed by atoms with van der Waals surface area (Å²) >= 11 is 1.60. The lowest BCUT2D eigenvalue weighted by molar-refractivity contribution is -0.144. The number of amides is 3. The summed E-state index contributed by atoms with van der Waals surface area (Å²) in [5.74, 6) is -1.29. The normalized spacial score (nSPS) is 35.9. The zero-order valence-electron chi connectivity index (χ0n) is 19.7. The van der Waals surface area contributed by atoms with Crippen molar-refractivity contribution in [2.45, 2.75) is 22.5 Å². The van der Waals surface area contributed by atoms with E-state index in [1.54, 1.807) is 28.6 Å². The molecule has 5 atom stereocenters. The molecule has 0 aromatic carbocycles. The van der Waals surface area contributed by atoms with Crippen LogP contribution in [0.15, 0.2) is 24.3 Å². The van der Waals surface area contributed by atoms with Crippen LogP contribution in [0.2, 0.25) is 0 Å². The number of ether oxygens (including phenoxy) is 1. The third-order valence-electron chi connectivity index (χ3n) is 7.79. The van der Waals surface area contributed by atoms with Crippen LogP contribution in [0, 0.1) is 11.8 Å². The molecule has 9 nitrogen and oxygen atoms in total. The standard InChI is InChI=1S/C24H34N4O5S/c1-25-7-2-5-17-18(21(25)30)19-22(31)28(9-4-14-29)20-23(32)27(8-3-6-24(19,20)34-17)11-10-26-12-15-33-16-13-26/h2-3,5-6,17-20,29H,4,7-16H2,1H3/t17-,18+,19-,20?,24-/m0/s1. The van der Waals surface area contributed by atoms with Crippen molar-refractivity contribution in [2.24, 2.45) is 11.8 Å². The number of nitrogens with zero attached hydrogens (tertiary/aromatic N) is 4. The van der Waals surface area contributed by atoms with E-state index < -0.39 is 22.6 Å². The molecule has 3 fully saturated rings. The molecule has 0 saturated carbocycles. The number of likely N-dealkylation sites (N-methyl/N-ethyl adjacent to an activating group) is 1. The van der Waals surface area contributed by atoms with Gasteiger partial charge in [-0.25, -0.2) is 0 Å². The molecule has 3 saturated heterocycles. The van der Waals surface area contributed by atoms with Gasteiger partial charge >= 0.3 is 0 Å². The fourth-order valence-corrected chi connectivity index (χ4v) is 8.09. The minimum Gasteiger partial charge on any atom is -0.396 e. The number of aliphatic hydroxyl groups excluding tert-OH is 1. The molecule has 34 heavy (non-hydrogen) atoms. The molecule has 1 N–H and O–H groups in total. The van der Waals surface area contributed by atoms with Crippen LogP contribution >= 0.6 is 11.8 Å². The molecule has 0 aromatic rings. The highest BCUT2D eigenvalue weighted by Gasteiger charge is 2.70. The first-order valence-electron chi connectivity index (χ1n) is 12.3. The molecule has 5 aliphatic rings. The molecule has 1 unspecified atom stereocenters. The minimum absolute atomic E-state index is 0.0326. The highest BCUT2D eigenvalue weighted by Crippen LogP contribution is 2.60. The van der Waals surface area contributed by atoms with E-state index in [1.165, 1.54) is 0 Å². The molecule has 0 aliphatic carbocycles. The van der Waals surface area contributed by atoms with Crippen molar-refractivity contribution in [1.82, 2.24) is 19.6 Å². The first-order chi connectivity index (χ1) is 16.5. The Morgan fingerprint density at radius 3 is 2.62 bits per heavy atom. The zero-order valence-corrected chi connectivity index (χ0v) is 20.5. The van der Waals surface area contributed by atoms with Crippen molar-refractivity contribution in [2.75, 3.05) is 72.7 Å². The van der Waals surface area contributed by atoms with Crippen LogP contribution in [0.5, 0.6) is 0 Å². The van der Waals surface area contributed by atoms with E-state index in [2.05, 4.69) is 4.90 Å². The molecule has 0 radical (unpaired) electrons. The second-order valence-corrected chi connectivity index (χ2v) is 11.2. The largest absolute Gasteiger partial charge is 0.396 e. The van der Waals surface area contributed by atoms with Crippen molar-refractivity contribution >= 4 is 29.5 Å². The van der Waals surface area contributed by atoms with Crippen LogP contribution < -0.4 is 0 Å². The number of morpholine rings is 1.